The fourth-order valence-corrected chi connectivity index (χ4v) is 4.09. The average molecular weight is 265 g/mol. The summed E-state index contributed by atoms with van der Waals surface area (Å²) in [5, 5.41) is 14.8. The predicted molar refractivity (Wildman–Crippen MR) is 74.9 cm³/mol. The van der Waals surface area contributed by atoms with E-state index < -0.39 is 0 Å². The fraction of sp³-hybridized carbons (Fsp3) is 0.857. The van der Waals surface area contributed by atoms with Crippen LogP contribution in [0, 0.1) is 11.8 Å². The van der Waals surface area contributed by atoms with Crippen molar-refractivity contribution in [1.29, 1.82) is 0 Å². The van der Waals surface area contributed by atoms with Crippen LogP contribution in [0.4, 0.5) is 0 Å². The van der Waals surface area contributed by atoms with Gasteiger partial charge in [0.25, 0.3) is 0 Å². The third-order valence-electron chi connectivity index (χ3n) is 4.20. The van der Waals surface area contributed by atoms with Crippen molar-refractivity contribution in [3.8, 4) is 0 Å². The minimum atomic E-state index is 0.584. The zero-order valence-electron chi connectivity index (χ0n) is 11.4. The number of fused-ring (bicyclic) bond motifs is 1. The van der Waals surface area contributed by atoms with E-state index in [-0.39, 0.29) is 0 Å². The topological polar surface area (TPSA) is 37.8 Å². The molecule has 1 heterocycles. The summed E-state index contributed by atoms with van der Waals surface area (Å²) in [6.45, 7) is 5.46. The van der Waals surface area contributed by atoms with Gasteiger partial charge < -0.3 is 5.32 Å². The molecule has 4 heteroatoms. The summed E-state index contributed by atoms with van der Waals surface area (Å²) in [5.41, 5.74) is 0. The minimum absolute atomic E-state index is 0.584. The van der Waals surface area contributed by atoms with E-state index >= 15 is 0 Å². The lowest BCUT2D eigenvalue weighted by molar-refractivity contribution is 0.569. The summed E-state index contributed by atoms with van der Waals surface area (Å²) in [4.78, 5) is 0. The Balaban J connectivity index is 1.45. The lowest BCUT2D eigenvalue weighted by Gasteiger charge is -2.06. The van der Waals surface area contributed by atoms with Crippen molar-refractivity contribution in [2.75, 3.05) is 6.54 Å². The summed E-state index contributed by atoms with van der Waals surface area (Å²) < 4.78 is 0. The van der Waals surface area contributed by atoms with Crippen molar-refractivity contribution in [3.63, 3.8) is 0 Å². The maximum absolute atomic E-state index is 4.42. The van der Waals surface area contributed by atoms with Crippen LogP contribution in [-0.4, -0.2) is 22.8 Å². The SMILES string of the molecule is CC(C)NCCCc1nnc(C2CC3CC3C2)s1. The van der Waals surface area contributed by atoms with E-state index in [1.807, 2.05) is 11.3 Å². The zero-order valence-corrected chi connectivity index (χ0v) is 12.2. The van der Waals surface area contributed by atoms with Gasteiger partial charge in [0.05, 0.1) is 0 Å². The van der Waals surface area contributed by atoms with Gasteiger partial charge in [-0.3, -0.25) is 0 Å². The highest BCUT2D eigenvalue weighted by Crippen LogP contribution is 2.57. The largest absolute Gasteiger partial charge is 0.315 e. The summed E-state index contributed by atoms with van der Waals surface area (Å²) in [7, 11) is 0. The van der Waals surface area contributed by atoms with Crippen LogP contribution in [0.3, 0.4) is 0 Å². The lowest BCUT2D eigenvalue weighted by atomic mass is 10.1. The van der Waals surface area contributed by atoms with Gasteiger partial charge in [0, 0.05) is 18.4 Å². The van der Waals surface area contributed by atoms with Crippen molar-refractivity contribution in [1.82, 2.24) is 15.5 Å². The standard InChI is InChI=1S/C14H23N3S/c1-9(2)15-5-3-4-13-16-17-14(18-13)12-7-10-6-11(10)8-12/h9-12,15H,3-8H2,1-2H3. The Morgan fingerprint density at radius 3 is 2.72 bits per heavy atom. The Morgan fingerprint density at radius 1 is 1.22 bits per heavy atom. The molecular formula is C14H23N3S. The molecule has 0 amide bonds. The first kappa shape index (κ1) is 12.5. The van der Waals surface area contributed by atoms with Gasteiger partial charge >= 0.3 is 0 Å². The van der Waals surface area contributed by atoms with Crippen LogP contribution < -0.4 is 5.32 Å². The number of hydrogen-bond donors (Lipinski definition) is 1. The number of aryl methyl sites for hydroxylation is 1. The second kappa shape index (κ2) is 5.25. The van der Waals surface area contributed by atoms with E-state index in [4.69, 9.17) is 0 Å². The van der Waals surface area contributed by atoms with Crippen molar-refractivity contribution >= 4 is 11.3 Å². The second-order valence-electron chi connectivity index (χ2n) is 6.17. The monoisotopic (exact) mass is 265 g/mol. The maximum Gasteiger partial charge on any atom is 0.120 e. The van der Waals surface area contributed by atoms with Crippen molar-refractivity contribution in [2.45, 2.75) is 57.9 Å². The molecule has 1 N–H and O–H groups in total. The molecule has 2 saturated carbocycles. The molecule has 1 aromatic heterocycles. The molecule has 0 saturated heterocycles. The number of aromatic nitrogens is 2. The molecule has 0 spiro atoms. The molecule has 2 unspecified atom stereocenters. The van der Waals surface area contributed by atoms with E-state index in [1.165, 1.54) is 35.7 Å². The molecule has 1 aromatic rings. The first-order valence-corrected chi connectivity index (χ1v) is 8.09. The summed E-state index contributed by atoms with van der Waals surface area (Å²) in [5.74, 6) is 2.82. The Labute approximate surface area is 113 Å². The van der Waals surface area contributed by atoms with E-state index in [2.05, 4.69) is 29.4 Å². The van der Waals surface area contributed by atoms with Gasteiger partial charge in [-0.25, -0.2) is 0 Å². The van der Waals surface area contributed by atoms with Gasteiger partial charge in [0.15, 0.2) is 0 Å². The van der Waals surface area contributed by atoms with Crippen LogP contribution in [0.25, 0.3) is 0 Å². The molecular weight excluding hydrogens is 242 g/mol. The van der Waals surface area contributed by atoms with Crippen molar-refractivity contribution in [3.05, 3.63) is 10.0 Å². The van der Waals surface area contributed by atoms with Gasteiger partial charge in [-0.15, -0.1) is 21.5 Å². The van der Waals surface area contributed by atoms with Crippen LogP contribution >= 0.6 is 11.3 Å². The Bertz CT molecular complexity index is 391. The van der Waals surface area contributed by atoms with Crippen molar-refractivity contribution < 1.29 is 0 Å². The maximum atomic E-state index is 4.42. The van der Waals surface area contributed by atoms with Gasteiger partial charge in [-0.1, -0.05) is 13.8 Å². The molecule has 0 aromatic carbocycles. The van der Waals surface area contributed by atoms with Crippen LogP contribution in [0.15, 0.2) is 0 Å². The van der Waals surface area contributed by atoms with Gasteiger partial charge in [0.1, 0.15) is 10.0 Å². The van der Waals surface area contributed by atoms with Gasteiger partial charge in [0.2, 0.25) is 0 Å². The number of hydrogen-bond acceptors (Lipinski definition) is 4. The third-order valence-corrected chi connectivity index (χ3v) is 5.34. The summed E-state index contributed by atoms with van der Waals surface area (Å²) in [6.07, 6.45) is 6.51. The Morgan fingerprint density at radius 2 is 2.00 bits per heavy atom. The van der Waals surface area contributed by atoms with Crippen LogP contribution in [0.1, 0.15) is 55.5 Å². The van der Waals surface area contributed by atoms with Crippen LogP contribution in [0.2, 0.25) is 0 Å². The molecule has 0 radical (unpaired) electrons. The van der Waals surface area contributed by atoms with Crippen LogP contribution in [-0.2, 0) is 6.42 Å². The third kappa shape index (κ3) is 2.91. The average Bonchev–Trinajstić information content (AvgIpc) is 2.80. The summed E-state index contributed by atoms with van der Waals surface area (Å²) in [6, 6.07) is 0.584. The number of rotatable bonds is 6. The molecule has 100 valence electrons. The number of nitrogens with zero attached hydrogens (tertiary/aromatic N) is 2. The predicted octanol–water partition coefficient (Wildman–Crippen LogP) is 2.98. The molecule has 3 rings (SSSR count). The highest BCUT2D eigenvalue weighted by Gasteiger charge is 2.47. The highest BCUT2D eigenvalue weighted by molar-refractivity contribution is 7.11. The van der Waals surface area contributed by atoms with E-state index in [0.29, 0.717) is 6.04 Å². The smallest absolute Gasteiger partial charge is 0.120 e. The van der Waals surface area contributed by atoms with Crippen LogP contribution in [0.5, 0.6) is 0 Å². The van der Waals surface area contributed by atoms with E-state index in [9.17, 15) is 0 Å². The first-order valence-electron chi connectivity index (χ1n) is 7.28. The molecule has 18 heavy (non-hydrogen) atoms. The molecule has 0 aliphatic heterocycles. The lowest BCUT2D eigenvalue weighted by Crippen LogP contribution is -2.23. The van der Waals surface area contributed by atoms with Gasteiger partial charge in [-0.05, 0) is 44.1 Å². The van der Waals surface area contributed by atoms with E-state index in [1.54, 1.807) is 0 Å². The first-order chi connectivity index (χ1) is 8.72. The van der Waals surface area contributed by atoms with Crippen molar-refractivity contribution in [2.24, 2.45) is 11.8 Å². The minimum Gasteiger partial charge on any atom is -0.315 e. The summed E-state index contributed by atoms with van der Waals surface area (Å²) >= 11 is 1.86. The highest BCUT2D eigenvalue weighted by atomic mass is 32.1. The van der Waals surface area contributed by atoms with Gasteiger partial charge in [-0.2, -0.15) is 0 Å². The molecule has 2 aliphatic carbocycles. The molecule has 0 bridgehead atoms. The molecule has 2 aliphatic rings. The normalized spacial score (nSPS) is 29.8. The zero-order chi connectivity index (χ0) is 12.5. The van der Waals surface area contributed by atoms with E-state index in [0.717, 1.165) is 30.7 Å². The molecule has 2 fully saturated rings. The fourth-order valence-electron chi connectivity index (χ4n) is 3.08. The Kier molecular flexibility index (Phi) is 3.66. The number of nitrogens with one attached hydrogen (secondary N) is 1. The Hall–Kier alpha value is -0.480. The second-order valence-corrected chi connectivity index (χ2v) is 7.26. The molecule has 3 nitrogen and oxygen atoms in total. The quantitative estimate of drug-likeness (QED) is 0.804. The molecule has 2 atom stereocenters.